The van der Waals surface area contributed by atoms with Crippen LogP contribution in [0.3, 0.4) is 0 Å². The molecule has 1 heterocycles. The van der Waals surface area contributed by atoms with Crippen molar-refractivity contribution in [2.45, 2.75) is 25.3 Å². The lowest BCUT2D eigenvalue weighted by atomic mass is 10.1. The van der Waals surface area contributed by atoms with E-state index in [2.05, 4.69) is 10.2 Å². The molecule has 1 aliphatic heterocycles. The molecule has 0 aromatic heterocycles. The summed E-state index contributed by atoms with van der Waals surface area (Å²) in [6, 6.07) is 5.50. The van der Waals surface area contributed by atoms with E-state index < -0.39 is 0 Å². The third-order valence-electron chi connectivity index (χ3n) is 3.32. The molecule has 1 unspecified atom stereocenters. The fraction of sp³-hybridized carbons (Fsp3) is 0.538. The summed E-state index contributed by atoms with van der Waals surface area (Å²) in [5.74, 6) is -0.360. The van der Waals surface area contributed by atoms with Gasteiger partial charge in [-0.05, 0) is 44.0 Å². The Kier molecular flexibility index (Phi) is 4.24. The lowest BCUT2D eigenvalue weighted by Gasteiger charge is -2.21. The van der Waals surface area contributed by atoms with Gasteiger partial charge in [0.05, 0.1) is 5.02 Å². The predicted molar refractivity (Wildman–Crippen MR) is 70.3 cm³/mol. The number of anilines is 1. The van der Waals surface area contributed by atoms with Crippen LogP contribution in [0.5, 0.6) is 0 Å². The number of nitrogens with one attached hydrogen (secondary N) is 1. The van der Waals surface area contributed by atoms with Gasteiger partial charge in [0, 0.05) is 25.3 Å². The maximum Gasteiger partial charge on any atom is 0.141 e. The van der Waals surface area contributed by atoms with E-state index in [9.17, 15) is 4.39 Å². The third-order valence-corrected chi connectivity index (χ3v) is 3.61. The van der Waals surface area contributed by atoms with Gasteiger partial charge in [-0.25, -0.2) is 4.39 Å². The van der Waals surface area contributed by atoms with Gasteiger partial charge in [-0.2, -0.15) is 0 Å². The van der Waals surface area contributed by atoms with Crippen LogP contribution in [0.15, 0.2) is 18.2 Å². The van der Waals surface area contributed by atoms with Crippen LogP contribution < -0.4 is 10.2 Å². The summed E-state index contributed by atoms with van der Waals surface area (Å²) < 4.78 is 13.0. The second-order valence-electron chi connectivity index (χ2n) is 4.60. The van der Waals surface area contributed by atoms with Gasteiger partial charge in [-0.1, -0.05) is 11.6 Å². The summed E-state index contributed by atoms with van der Waals surface area (Å²) in [5, 5.41) is 3.66. The van der Waals surface area contributed by atoms with Crippen molar-refractivity contribution in [3.8, 4) is 0 Å². The summed E-state index contributed by atoms with van der Waals surface area (Å²) in [6.07, 6.45) is 3.65. The zero-order valence-electron chi connectivity index (χ0n) is 10.0. The Morgan fingerprint density at radius 2 is 2.35 bits per heavy atom. The number of halogens is 2. The Bertz CT molecular complexity index is 378. The maximum atomic E-state index is 13.0. The average Bonchev–Trinajstić information content (AvgIpc) is 2.82. The molecule has 17 heavy (non-hydrogen) atoms. The maximum absolute atomic E-state index is 13.0. The zero-order valence-corrected chi connectivity index (χ0v) is 10.8. The smallest absolute Gasteiger partial charge is 0.141 e. The van der Waals surface area contributed by atoms with Crippen molar-refractivity contribution in [1.29, 1.82) is 0 Å². The van der Waals surface area contributed by atoms with Crippen LogP contribution in [0.4, 0.5) is 10.1 Å². The van der Waals surface area contributed by atoms with E-state index in [0.29, 0.717) is 6.04 Å². The quantitative estimate of drug-likeness (QED) is 0.891. The molecule has 1 aromatic rings. The van der Waals surface area contributed by atoms with Gasteiger partial charge in [-0.15, -0.1) is 0 Å². The monoisotopic (exact) mass is 256 g/mol. The Hall–Kier alpha value is -0.800. The molecule has 4 heteroatoms. The molecule has 1 atom stereocenters. The predicted octanol–water partition coefficient (Wildman–Crippen LogP) is 3.06. The highest BCUT2D eigenvalue weighted by Crippen LogP contribution is 2.22. The second kappa shape index (κ2) is 5.69. The lowest BCUT2D eigenvalue weighted by molar-refractivity contribution is 0.559. The summed E-state index contributed by atoms with van der Waals surface area (Å²) in [6.45, 7) is 2.09. The highest BCUT2D eigenvalue weighted by Gasteiger charge is 2.14. The van der Waals surface area contributed by atoms with E-state index in [1.807, 2.05) is 7.05 Å². The zero-order chi connectivity index (χ0) is 12.3. The van der Waals surface area contributed by atoms with Crippen molar-refractivity contribution >= 4 is 17.3 Å². The average molecular weight is 257 g/mol. The molecule has 2 nitrogen and oxygen atoms in total. The largest absolute Gasteiger partial charge is 0.374 e. The van der Waals surface area contributed by atoms with E-state index in [1.165, 1.54) is 18.9 Å². The lowest BCUT2D eigenvalue weighted by Crippen LogP contribution is -2.28. The Balaban J connectivity index is 1.89. The van der Waals surface area contributed by atoms with Crippen LogP contribution in [0.25, 0.3) is 0 Å². The van der Waals surface area contributed by atoms with E-state index in [0.717, 1.165) is 25.2 Å². The van der Waals surface area contributed by atoms with Crippen LogP contribution in [-0.4, -0.2) is 26.2 Å². The molecular weight excluding hydrogens is 239 g/mol. The Morgan fingerprint density at radius 3 is 3.00 bits per heavy atom. The number of hydrogen-bond donors (Lipinski definition) is 1. The van der Waals surface area contributed by atoms with Crippen molar-refractivity contribution < 1.29 is 4.39 Å². The fourth-order valence-corrected chi connectivity index (χ4v) is 2.38. The first kappa shape index (κ1) is 12.7. The molecule has 1 aromatic carbocycles. The topological polar surface area (TPSA) is 15.3 Å². The Labute approximate surface area is 107 Å². The highest BCUT2D eigenvalue weighted by atomic mass is 35.5. The van der Waals surface area contributed by atoms with Crippen molar-refractivity contribution in [3.63, 3.8) is 0 Å². The molecule has 0 radical (unpaired) electrons. The first-order valence-electron chi connectivity index (χ1n) is 6.06. The minimum Gasteiger partial charge on any atom is -0.374 e. The standard InChI is InChI=1S/C13H18ClFN2/c1-17(8-6-10-3-2-7-16-10)11-4-5-13(15)12(14)9-11/h4-5,9-10,16H,2-3,6-8H2,1H3. The molecule has 1 N–H and O–H groups in total. The van der Waals surface area contributed by atoms with Crippen LogP contribution >= 0.6 is 11.6 Å². The number of rotatable bonds is 4. The molecule has 0 saturated carbocycles. The highest BCUT2D eigenvalue weighted by molar-refractivity contribution is 6.31. The van der Waals surface area contributed by atoms with E-state index >= 15 is 0 Å². The molecule has 1 saturated heterocycles. The van der Waals surface area contributed by atoms with E-state index in [1.54, 1.807) is 12.1 Å². The summed E-state index contributed by atoms with van der Waals surface area (Å²) in [7, 11) is 2.01. The summed E-state index contributed by atoms with van der Waals surface area (Å²) in [4.78, 5) is 2.12. The number of hydrogen-bond acceptors (Lipinski definition) is 2. The molecule has 94 valence electrons. The molecule has 0 bridgehead atoms. The van der Waals surface area contributed by atoms with Crippen molar-refractivity contribution in [1.82, 2.24) is 5.32 Å². The van der Waals surface area contributed by atoms with Gasteiger partial charge < -0.3 is 10.2 Å². The van der Waals surface area contributed by atoms with Gasteiger partial charge in [0.2, 0.25) is 0 Å². The van der Waals surface area contributed by atoms with Crippen molar-refractivity contribution in [2.75, 3.05) is 25.0 Å². The van der Waals surface area contributed by atoms with E-state index in [4.69, 9.17) is 11.6 Å². The molecule has 0 amide bonds. The van der Waals surface area contributed by atoms with Crippen LogP contribution in [0, 0.1) is 5.82 Å². The first-order valence-corrected chi connectivity index (χ1v) is 6.44. The second-order valence-corrected chi connectivity index (χ2v) is 5.01. The van der Waals surface area contributed by atoms with Gasteiger partial charge in [0.1, 0.15) is 5.82 Å². The fourth-order valence-electron chi connectivity index (χ4n) is 2.20. The summed E-state index contributed by atoms with van der Waals surface area (Å²) >= 11 is 5.77. The van der Waals surface area contributed by atoms with Crippen molar-refractivity contribution in [2.24, 2.45) is 0 Å². The number of nitrogens with zero attached hydrogens (tertiary/aromatic N) is 1. The summed E-state index contributed by atoms with van der Waals surface area (Å²) in [5.41, 5.74) is 0.967. The van der Waals surface area contributed by atoms with E-state index in [-0.39, 0.29) is 10.8 Å². The molecule has 2 rings (SSSR count). The van der Waals surface area contributed by atoms with Gasteiger partial charge >= 0.3 is 0 Å². The molecule has 1 fully saturated rings. The normalized spacial score (nSPS) is 19.6. The van der Waals surface area contributed by atoms with Crippen molar-refractivity contribution in [3.05, 3.63) is 29.0 Å². The molecule has 1 aliphatic rings. The van der Waals surface area contributed by atoms with Gasteiger partial charge in [-0.3, -0.25) is 0 Å². The SMILES string of the molecule is CN(CCC1CCCN1)c1ccc(F)c(Cl)c1. The van der Waals surface area contributed by atoms with Crippen LogP contribution in [0.1, 0.15) is 19.3 Å². The molecule has 0 spiro atoms. The van der Waals surface area contributed by atoms with Gasteiger partial charge in [0.15, 0.2) is 0 Å². The molecule has 0 aliphatic carbocycles. The minimum atomic E-state index is -0.360. The first-order chi connectivity index (χ1) is 8.16. The number of benzene rings is 1. The Morgan fingerprint density at radius 1 is 1.53 bits per heavy atom. The van der Waals surface area contributed by atoms with Gasteiger partial charge in [0.25, 0.3) is 0 Å². The minimum absolute atomic E-state index is 0.188. The molecular formula is C13H18ClFN2. The van der Waals surface area contributed by atoms with Crippen LogP contribution in [-0.2, 0) is 0 Å². The van der Waals surface area contributed by atoms with Crippen LogP contribution in [0.2, 0.25) is 5.02 Å². The third kappa shape index (κ3) is 3.33.